The summed E-state index contributed by atoms with van der Waals surface area (Å²) in [6.07, 6.45) is 28.5. The molecule has 0 aliphatic heterocycles. The van der Waals surface area contributed by atoms with E-state index in [1.54, 1.807) is 14.1 Å². The minimum Gasteiger partial charge on any atom is -0.330 e. The van der Waals surface area contributed by atoms with E-state index >= 15 is 0 Å². The highest BCUT2D eigenvalue weighted by Gasteiger charge is 2.41. The van der Waals surface area contributed by atoms with Crippen LogP contribution in [0.1, 0.15) is 181 Å². The lowest BCUT2D eigenvalue weighted by Gasteiger charge is -2.35. The number of carbonyl (C=O) groups excluding carboxylic acids is 3. The Hall–Kier alpha value is -1.31. The molecule has 0 aliphatic carbocycles. The van der Waals surface area contributed by atoms with Crippen molar-refractivity contribution in [2.45, 2.75) is 193 Å². The summed E-state index contributed by atoms with van der Waals surface area (Å²) in [6, 6.07) is -1.00. The van der Waals surface area contributed by atoms with E-state index < -0.39 is 11.9 Å². The van der Waals surface area contributed by atoms with Gasteiger partial charge in [0.25, 0.3) is 5.91 Å². The normalized spacial score (nSPS) is 13.2. The number of rotatable bonds is 30. The van der Waals surface area contributed by atoms with Crippen LogP contribution in [0, 0.1) is 0 Å². The molecule has 0 radical (unpaired) electrons. The highest BCUT2D eigenvalue weighted by molar-refractivity contribution is 5.97. The van der Waals surface area contributed by atoms with E-state index in [9.17, 15) is 14.4 Å². The molecule has 7 heteroatoms. The van der Waals surface area contributed by atoms with Crippen LogP contribution in [0.2, 0.25) is 0 Å². The molecule has 0 bridgehead atoms. The van der Waals surface area contributed by atoms with E-state index in [4.69, 9.17) is 11.5 Å². The minimum atomic E-state index is -0.706. The summed E-state index contributed by atoms with van der Waals surface area (Å²) in [5, 5.41) is 2.60. The average molecular weight is 610 g/mol. The highest BCUT2D eigenvalue weighted by Crippen LogP contribution is 2.19. The fourth-order valence-corrected chi connectivity index (χ4v) is 5.92. The van der Waals surface area contributed by atoms with Crippen LogP contribution in [0.25, 0.3) is 0 Å². The molecule has 7 nitrogen and oxygen atoms in total. The molecule has 2 unspecified atom stereocenters. The van der Waals surface area contributed by atoms with Gasteiger partial charge in [0.2, 0.25) is 5.91 Å². The Labute approximate surface area is 266 Å². The Morgan fingerprint density at radius 2 is 0.977 bits per heavy atom. The molecule has 2 atom stereocenters. The van der Waals surface area contributed by atoms with Gasteiger partial charge >= 0.3 is 5.91 Å². The third-order valence-electron chi connectivity index (χ3n) is 9.05. The Balaban J connectivity index is 4.51. The Bertz CT molecular complexity index is 698. The third kappa shape index (κ3) is 22.8. The number of hydrogen-bond donors (Lipinski definition) is 3. The molecular weight excluding hydrogens is 536 g/mol. The van der Waals surface area contributed by atoms with Gasteiger partial charge < -0.3 is 11.5 Å². The lowest BCUT2D eigenvalue weighted by Crippen LogP contribution is -2.61. The smallest absolute Gasteiger partial charge is 0.313 e. The van der Waals surface area contributed by atoms with Crippen LogP contribution in [0.3, 0.4) is 0 Å². The van der Waals surface area contributed by atoms with Crippen LogP contribution in [0.5, 0.6) is 0 Å². The lowest BCUT2D eigenvalue weighted by molar-refractivity contribution is -0.831. The van der Waals surface area contributed by atoms with E-state index in [-0.39, 0.29) is 22.3 Å². The first-order valence-electron chi connectivity index (χ1n) is 18.4. The van der Waals surface area contributed by atoms with Crippen molar-refractivity contribution in [3.05, 3.63) is 0 Å². The number of unbranched alkanes of at least 4 members (excludes halogenated alkanes) is 20. The number of quaternary nitrogens is 1. The van der Waals surface area contributed by atoms with E-state index in [0.29, 0.717) is 32.2 Å². The topological polar surface area (TPSA) is 115 Å². The van der Waals surface area contributed by atoms with Gasteiger partial charge in [-0.25, -0.2) is 4.79 Å². The number of nitrogens with zero attached hydrogens (tertiary/aromatic N) is 1. The van der Waals surface area contributed by atoms with Crippen molar-refractivity contribution < 1.29 is 18.9 Å². The van der Waals surface area contributed by atoms with Gasteiger partial charge in [-0.05, 0) is 25.8 Å². The molecule has 0 aromatic carbocycles. The van der Waals surface area contributed by atoms with E-state index in [1.165, 1.54) is 103 Å². The molecule has 0 saturated carbocycles. The molecule has 0 aromatic rings. The summed E-state index contributed by atoms with van der Waals surface area (Å²) >= 11 is 0. The number of amides is 3. The predicted molar refractivity (Wildman–Crippen MR) is 182 cm³/mol. The van der Waals surface area contributed by atoms with Gasteiger partial charge in [0.15, 0.2) is 6.04 Å². The summed E-state index contributed by atoms with van der Waals surface area (Å²) in [5.74, 6) is -0.622. The maximum Gasteiger partial charge on any atom is 0.313 e. The van der Waals surface area contributed by atoms with Crippen molar-refractivity contribution in [3.63, 3.8) is 0 Å². The lowest BCUT2D eigenvalue weighted by atomic mass is 9.99. The summed E-state index contributed by atoms with van der Waals surface area (Å²) in [4.78, 5) is 39.3. The maximum atomic E-state index is 13.3. The van der Waals surface area contributed by atoms with Crippen LogP contribution in [-0.2, 0) is 14.4 Å². The molecule has 0 spiro atoms. The zero-order valence-electron chi connectivity index (χ0n) is 29.1. The molecule has 0 aliphatic rings. The summed E-state index contributed by atoms with van der Waals surface area (Å²) < 4.78 is -0.0897. The van der Waals surface area contributed by atoms with Crippen LogP contribution < -0.4 is 16.8 Å². The fraction of sp³-hybridized carbons (Fsp3) is 0.917. The zero-order chi connectivity index (χ0) is 32.2. The monoisotopic (exact) mass is 610 g/mol. The third-order valence-corrected chi connectivity index (χ3v) is 9.05. The summed E-state index contributed by atoms with van der Waals surface area (Å²) in [7, 11) is 3.57. The number of nitrogens with one attached hydrogen (secondary N) is 1. The van der Waals surface area contributed by atoms with Gasteiger partial charge in [0, 0.05) is 18.9 Å². The second kappa shape index (κ2) is 28.2. The first-order valence-corrected chi connectivity index (χ1v) is 18.4. The van der Waals surface area contributed by atoms with Gasteiger partial charge in [0.05, 0.1) is 20.5 Å². The molecule has 0 heterocycles. The first kappa shape index (κ1) is 41.7. The van der Waals surface area contributed by atoms with Crippen LogP contribution in [0.15, 0.2) is 0 Å². The van der Waals surface area contributed by atoms with Gasteiger partial charge in [-0.2, -0.15) is 0 Å². The predicted octanol–water partition coefficient (Wildman–Crippen LogP) is 8.07. The van der Waals surface area contributed by atoms with Gasteiger partial charge in [-0.1, -0.05) is 142 Å². The molecule has 5 N–H and O–H groups in total. The summed E-state index contributed by atoms with van der Waals surface area (Å²) in [5.41, 5.74) is 12.0. The molecule has 43 heavy (non-hydrogen) atoms. The molecule has 0 aromatic heterocycles. The summed E-state index contributed by atoms with van der Waals surface area (Å²) in [6.45, 7) is 4.92. The van der Waals surface area contributed by atoms with Crippen molar-refractivity contribution in [3.8, 4) is 0 Å². The van der Waals surface area contributed by atoms with Gasteiger partial charge in [-0.15, -0.1) is 0 Å². The SMILES string of the molecule is CCCCCCCCCCCCCC(=O)NC(=O)C(CC(N)CCN)[N+](C)(C)C(=O)CCCCCCCCCCCCC. The van der Waals surface area contributed by atoms with Crippen LogP contribution in [0.4, 0.5) is 0 Å². The van der Waals surface area contributed by atoms with E-state index in [0.717, 1.165) is 38.5 Å². The maximum absolute atomic E-state index is 13.3. The van der Waals surface area contributed by atoms with Crippen molar-refractivity contribution >= 4 is 17.7 Å². The quantitative estimate of drug-likeness (QED) is 0.0563. The van der Waals surface area contributed by atoms with Crippen molar-refractivity contribution in [2.75, 3.05) is 20.6 Å². The number of likely N-dealkylation sites (N-methyl/N-ethyl adjacent to an activating group) is 1. The molecule has 0 fully saturated rings. The molecule has 0 rings (SSSR count). The number of hydrogen-bond acceptors (Lipinski definition) is 5. The zero-order valence-corrected chi connectivity index (χ0v) is 29.1. The van der Waals surface area contributed by atoms with Crippen molar-refractivity contribution in [2.24, 2.45) is 11.5 Å². The second-order valence-electron chi connectivity index (χ2n) is 13.5. The largest absolute Gasteiger partial charge is 0.330 e. The minimum absolute atomic E-state index is 0.0221. The Kier molecular flexibility index (Phi) is 27.3. The first-order chi connectivity index (χ1) is 20.7. The van der Waals surface area contributed by atoms with Crippen molar-refractivity contribution in [1.82, 2.24) is 5.32 Å². The average Bonchev–Trinajstić information content (AvgIpc) is 2.97. The number of carbonyl (C=O) groups is 3. The van der Waals surface area contributed by atoms with Crippen LogP contribution >= 0.6 is 0 Å². The van der Waals surface area contributed by atoms with Crippen molar-refractivity contribution in [1.29, 1.82) is 0 Å². The highest BCUT2D eigenvalue weighted by atomic mass is 16.2. The second-order valence-corrected chi connectivity index (χ2v) is 13.5. The Morgan fingerprint density at radius 3 is 1.37 bits per heavy atom. The van der Waals surface area contributed by atoms with Gasteiger partial charge in [0.1, 0.15) is 0 Å². The molecule has 0 saturated heterocycles. The van der Waals surface area contributed by atoms with Gasteiger partial charge in [-0.3, -0.25) is 19.4 Å². The number of imide groups is 1. The molecular formula is C36H73N4O3+. The molecule has 254 valence electrons. The number of nitrogens with two attached hydrogens (primary N) is 2. The fourth-order valence-electron chi connectivity index (χ4n) is 5.92. The van der Waals surface area contributed by atoms with Crippen LogP contribution in [-0.4, -0.2) is 54.9 Å². The molecule has 3 amide bonds. The Morgan fingerprint density at radius 1 is 0.605 bits per heavy atom. The van der Waals surface area contributed by atoms with E-state index in [2.05, 4.69) is 19.2 Å². The van der Waals surface area contributed by atoms with E-state index in [1.807, 2.05) is 0 Å². The standard InChI is InChI=1S/C36H72N4O3/c1-5-7-9-11-13-15-17-19-21-23-25-27-34(41)39-36(43)33(31-32(38)29-30-37)40(3,4)35(42)28-26-24-22-20-18-16-14-12-10-8-6-2/h32-33H,5-31,37-38H2,1-4H3/p+1.